The summed E-state index contributed by atoms with van der Waals surface area (Å²) < 4.78 is 4.69. The van der Waals surface area contributed by atoms with Crippen LogP contribution in [0.3, 0.4) is 0 Å². The third kappa shape index (κ3) is 10.4. The Bertz CT molecular complexity index is 731. The average molecular weight is 401 g/mol. The monoisotopic (exact) mass is 401 g/mol. The normalized spacial score (nSPS) is 12.3. The van der Waals surface area contributed by atoms with Crippen molar-refractivity contribution in [1.82, 2.24) is 10.3 Å². The number of hydrogen-bond donors (Lipinski definition) is 4. The van der Waals surface area contributed by atoms with Crippen molar-refractivity contribution in [2.75, 3.05) is 0 Å². The third-order valence-corrected chi connectivity index (χ3v) is 3.80. The van der Waals surface area contributed by atoms with Crippen LogP contribution < -0.4 is 11.1 Å². The highest BCUT2D eigenvalue weighted by Gasteiger charge is 2.21. The molecule has 0 aliphatic rings. The zero-order valence-corrected chi connectivity index (χ0v) is 16.7. The van der Waals surface area contributed by atoms with Gasteiger partial charge in [0.2, 0.25) is 0 Å². The number of carboxylic acid groups (broad SMARTS) is 1. The Balaban J connectivity index is 0.000000396. The first kappa shape index (κ1) is 24.3. The number of aliphatic carboxylic acids is 1. The summed E-state index contributed by atoms with van der Waals surface area (Å²) in [6, 6.07) is 11.4. The molecule has 9 heteroatoms. The van der Waals surface area contributed by atoms with Crippen LogP contribution in [0.15, 0.2) is 54.9 Å². The van der Waals surface area contributed by atoms with Crippen LogP contribution in [-0.4, -0.2) is 46.9 Å². The summed E-state index contributed by atoms with van der Waals surface area (Å²) in [6.07, 6.45) is 3.67. The largest absolute Gasteiger partial charge is 0.480 e. The van der Waals surface area contributed by atoms with Gasteiger partial charge in [0.25, 0.3) is 5.91 Å². The summed E-state index contributed by atoms with van der Waals surface area (Å²) in [5.41, 5.74) is 6.60. The molecule has 2 aromatic rings. The Morgan fingerprint density at radius 1 is 1.21 bits per heavy atom. The van der Waals surface area contributed by atoms with Crippen LogP contribution in [0.5, 0.6) is 0 Å². The van der Waals surface area contributed by atoms with Gasteiger partial charge < -0.3 is 25.8 Å². The molecule has 0 fully saturated rings. The van der Waals surface area contributed by atoms with Crippen LogP contribution in [0, 0.1) is 5.92 Å². The molecule has 8 nitrogen and oxygen atoms in total. The molecule has 0 unspecified atom stereocenters. The van der Waals surface area contributed by atoms with Gasteiger partial charge in [0.15, 0.2) is 0 Å². The first-order chi connectivity index (χ1) is 13.8. The Labute approximate surface area is 171 Å². The van der Waals surface area contributed by atoms with E-state index in [2.05, 4.69) is 28.8 Å². The Kier molecular flexibility index (Phi) is 11.3. The lowest BCUT2D eigenvalue weighted by molar-refractivity contribution is -0.139. The molecule has 0 bridgehead atoms. The molecule has 29 heavy (non-hydrogen) atoms. The molecule has 0 spiro atoms. The minimum Gasteiger partial charge on any atom is -0.480 e. The fourth-order valence-electron chi connectivity index (χ4n) is 2.42. The summed E-state index contributed by atoms with van der Waals surface area (Å²) in [4.78, 5) is 27.0. The van der Waals surface area contributed by atoms with Gasteiger partial charge in [0, 0.05) is 18.8 Å². The Hall–Kier alpha value is -2.75. The standard InChI is InChI=1S/C15H14N2O3.C5H14BNO2/c18-14(12-7-4-8-16-10-12)17-13(15(19)20)9-11-5-2-1-3-6-11;1-4(2)3-5(7)9-6-8/h1-8,10,13H,9H2,(H,17,18)(H,19,20);4-6,8H,3,7H2,1-2H3/t13-;5-/m01/s1. The highest BCUT2D eigenvalue weighted by Crippen LogP contribution is 2.05. The van der Waals surface area contributed by atoms with E-state index in [0.29, 0.717) is 11.5 Å². The number of pyridine rings is 1. The number of aromatic nitrogens is 1. The van der Waals surface area contributed by atoms with Gasteiger partial charge in [0.1, 0.15) is 6.04 Å². The minimum atomic E-state index is -1.06. The van der Waals surface area contributed by atoms with Crippen LogP contribution in [0.4, 0.5) is 0 Å². The number of carboxylic acids is 1. The molecule has 156 valence electrons. The second-order valence-corrected chi connectivity index (χ2v) is 6.76. The van der Waals surface area contributed by atoms with E-state index in [-0.39, 0.29) is 20.3 Å². The molecule has 2 rings (SSSR count). The van der Waals surface area contributed by atoms with Crippen molar-refractivity contribution in [2.24, 2.45) is 11.7 Å². The van der Waals surface area contributed by atoms with E-state index in [0.717, 1.165) is 12.0 Å². The van der Waals surface area contributed by atoms with Crippen molar-refractivity contribution in [3.8, 4) is 0 Å². The molecule has 1 heterocycles. The second-order valence-electron chi connectivity index (χ2n) is 6.76. The highest BCUT2D eigenvalue weighted by molar-refractivity contribution is 6.15. The van der Waals surface area contributed by atoms with E-state index in [1.807, 2.05) is 30.3 Å². The number of nitrogens with one attached hydrogen (secondary N) is 1. The zero-order chi connectivity index (χ0) is 21.6. The van der Waals surface area contributed by atoms with Crippen LogP contribution in [-0.2, 0) is 15.9 Å². The third-order valence-electron chi connectivity index (χ3n) is 3.80. The van der Waals surface area contributed by atoms with Crippen LogP contribution in [0.1, 0.15) is 36.2 Å². The molecule has 1 aromatic heterocycles. The van der Waals surface area contributed by atoms with Gasteiger partial charge in [-0.1, -0.05) is 44.2 Å². The molecular formula is C20H28BN3O5. The fraction of sp³-hybridized carbons (Fsp3) is 0.350. The predicted molar refractivity (Wildman–Crippen MR) is 111 cm³/mol. The van der Waals surface area contributed by atoms with Gasteiger partial charge in [-0.05, 0) is 30.0 Å². The summed E-state index contributed by atoms with van der Waals surface area (Å²) in [6.45, 7) is 4.11. The maximum atomic E-state index is 11.9. The number of benzene rings is 1. The maximum Gasteiger partial charge on any atom is 0.436 e. The van der Waals surface area contributed by atoms with Crippen molar-refractivity contribution >= 4 is 19.6 Å². The van der Waals surface area contributed by atoms with E-state index >= 15 is 0 Å². The number of nitrogens with zero attached hydrogens (tertiary/aromatic N) is 1. The van der Waals surface area contributed by atoms with E-state index in [1.54, 1.807) is 18.3 Å². The molecule has 0 saturated carbocycles. The average Bonchev–Trinajstić information content (AvgIpc) is 2.69. The predicted octanol–water partition coefficient (Wildman–Crippen LogP) is 1.10. The number of amides is 1. The summed E-state index contributed by atoms with van der Waals surface area (Å²) in [7, 11) is -0.284. The quantitative estimate of drug-likeness (QED) is 0.365. The van der Waals surface area contributed by atoms with Gasteiger partial charge >= 0.3 is 13.7 Å². The topological polar surface area (TPSA) is 135 Å². The molecular weight excluding hydrogens is 373 g/mol. The second kappa shape index (κ2) is 13.4. The van der Waals surface area contributed by atoms with E-state index in [1.165, 1.54) is 6.20 Å². The smallest absolute Gasteiger partial charge is 0.436 e. The highest BCUT2D eigenvalue weighted by atomic mass is 16.5. The van der Waals surface area contributed by atoms with E-state index in [9.17, 15) is 14.7 Å². The first-order valence-electron chi connectivity index (χ1n) is 9.29. The molecule has 5 N–H and O–H groups in total. The lowest BCUT2D eigenvalue weighted by atomic mass is 10.1. The van der Waals surface area contributed by atoms with Crippen LogP contribution in [0.25, 0.3) is 0 Å². The molecule has 0 saturated heterocycles. The summed E-state index contributed by atoms with van der Waals surface area (Å²) in [5.74, 6) is -0.987. The van der Waals surface area contributed by atoms with E-state index in [4.69, 9.17) is 10.8 Å². The van der Waals surface area contributed by atoms with Gasteiger partial charge in [-0.25, -0.2) is 4.79 Å². The number of carbonyl (C=O) groups is 2. The van der Waals surface area contributed by atoms with Crippen molar-refractivity contribution in [2.45, 2.75) is 39.0 Å². The molecule has 0 radical (unpaired) electrons. The molecule has 0 aliphatic carbocycles. The van der Waals surface area contributed by atoms with Crippen molar-refractivity contribution in [3.63, 3.8) is 0 Å². The number of rotatable bonds is 9. The lowest BCUT2D eigenvalue weighted by Crippen LogP contribution is -2.42. The Morgan fingerprint density at radius 2 is 1.90 bits per heavy atom. The number of hydrogen-bond acceptors (Lipinski definition) is 6. The molecule has 0 aliphatic heterocycles. The van der Waals surface area contributed by atoms with Crippen molar-refractivity contribution < 1.29 is 24.4 Å². The van der Waals surface area contributed by atoms with Gasteiger partial charge in [0.05, 0.1) is 11.8 Å². The first-order valence-corrected chi connectivity index (χ1v) is 9.29. The van der Waals surface area contributed by atoms with Gasteiger partial charge in [-0.3, -0.25) is 9.78 Å². The van der Waals surface area contributed by atoms with Crippen LogP contribution in [0.2, 0.25) is 0 Å². The molecule has 1 aromatic carbocycles. The SMILES string of the molecule is CC(C)C[C@H](N)OBO.O=C(N[C@@H](Cc1ccccc1)C(=O)O)c1cccnc1. The maximum absolute atomic E-state index is 11.9. The minimum absolute atomic E-state index is 0.238. The Morgan fingerprint density at radius 3 is 2.41 bits per heavy atom. The summed E-state index contributed by atoms with van der Waals surface area (Å²) in [5, 5.41) is 20.0. The van der Waals surface area contributed by atoms with Gasteiger partial charge in [-0.15, -0.1) is 0 Å². The lowest BCUT2D eigenvalue weighted by Gasteiger charge is -2.14. The fourth-order valence-corrected chi connectivity index (χ4v) is 2.42. The van der Waals surface area contributed by atoms with Crippen LogP contribution >= 0.6 is 0 Å². The molecule has 2 atom stereocenters. The summed E-state index contributed by atoms with van der Waals surface area (Å²) >= 11 is 0. The van der Waals surface area contributed by atoms with E-state index < -0.39 is 17.9 Å². The number of carbonyl (C=O) groups excluding carboxylic acids is 1. The molecule has 1 amide bonds. The van der Waals surface area contributed by atoms with Crippen molar-refractivity contribution in [1.29, 1.82) is 0 Å². The number of nitrogens with two attached hydrogens (primary N) is 1. The van der Waals surface area contributed by atoms with Gasteiger partial charge in [-0.2, -0.15) is 0 Å². The zero-order valence-electron chi connectivity index (χ0n) is 16.7. The van der Waals surface area contributed by atoms with Crippen molar-refractivity contribution in [3.05, 3.63) is 66.0 Å².